The molecular weight excluding hydrogens is 544 g/mol. The first kappa shape index (κ1) is 29.7. The van der Waals surface area contributed by atoms with Gasteiger partial charge in [0.05, 0.1) is 43.5 Å². The molecule has 216 valence electrons. The highest BCUT2D eigenvalue weighted by Crippen LogP contribution is 2.33. The number of anilines is 1. The summed E-state index contributed by atoms with van der Waals surface area (Å²) in [7, 11) is 2.46. The Bertz CT molecular complexity index is 1530. The van der Waals surface area contributed by atoms with Gasteiger partial charge < -0.3 is 24.0 Å². The number of ether oxygens (including phenoxy) is 3. The van der Waals surface area contributed by atoms with E-state index in [-0.39, 0.29) is 17.3 Å². The summed E-state index contributed by atoms with van der Waals surface area (Å²) in [4.78, 5) is 16.9. The van der Waals surface area contributed by atoms with Gasteiger partial charge in [-0.2, -0.15) is 5.26 Å². The summed E-state index contributed by atoms with van der Waals surface area (Å²) < 4.78 is 44.5. The lowest BCUT2D eigenvalue weighted by Gasteiger charge is -2.37. The van der Waals surface area contributed by atoms with Crippen LogP contribution in [-0.4, -0.2) is 84.6 Å². The van der Waals surface area contributed by atoms with Crippen LogP contribution in [0.1, 0.15) is 21.5 Å². The summed E-state index contributed by atoms with van der Waals surface area (Å²) in [5, 5.41) is 8.99. The zero-order valence-electron chi connectivity index (χ0n) is 23.7. The molecule has 3 aromatic carbocycles. The fraction of sp³-hybridized carbons (Fsp3) is 0.333. The number of hydrogen-bond acceptors (Lipinski definition) is 8. The molecule has 0 aromatic heterocycles. The molecule has 3 aromatic rings. The van der Waals surface area contributed by atoms with Gasteiger partial charge in [0.1, 0.15) is 5.75 Å². The Morgan fingerprint density at radius 1 is 0.878 bits per heavy atom. The zero-order chi connectivity index (χ0) is 29.6. The minimum atomic E-state index is -3.78. The topological polar surface area (TPSA) is 112 Å². The van der Waals surface area contributed by atoms with Crippen LogP contribution in [0.4, 0.5) is 5.69 Å². The highest BCUT2D eigenvalue weighted by atomic mass is 32.2. The van der Waals surface area contributed by atoms with Crippen LogP contribution in [0.25, 0.3) is 0 Å². The van der Waals surface area contributed by atoms with Crippen LogP contribution in [0, 0.1) is 11.3 Å². The summed E-state index contributed by atoms with van der Waals surface area (Å²) >= 11 is 0. The van der Waals surface area contributed by atoms with E-state index in [2.05, 4.69) is 6.07 Å². The van der Waals surface area contributed by atoms with Crippen LogP contribution in [0.2, 0.25) is 0 Å². The van der Waals surface area contributed by atoms with Crippen molar-refractivity contribution in [1.29, 1.82) is 5.26 Å². The third kappa shape index (κ3) is 6.56. The smallest absolute Gasteiger partial charge is 0.253 e. The number of rotatable bonds is 10. The molecular formula is C30H34N4O6S. The number of methoxy groups -OCH3 is 3. The summed E-state index contributed by atoms with van der Waals surface area (Å²) in [6.45, 7) is 2.22. The van der Waals surface area contributed by atoms with Gasteiger partial charge in [-0.05, 0) is 66.6 Å². The van der Waals surface area contributed by atoms with Gasteiger partial charge in [0.15, 0.2) is 11.5 Å². The number of carbonyl (C=O) groups is 1. The Balaban J connectivity index is 1.45. The van der Waals surface area contributed by atoms with Gasteiger partial charge in [-0.3, -0.25) is 4.79 Å². The van der Waals surface area contributed by atoms with Crippen LogP contribution >= 0.6 is 0 Å². The van der Waals surface area contributed by atoms with Gasteiger partial charge in [0.2, 0.25) is 10.0 Å². The highest BCUT2D eigenvalue weighted by molar-refractivity contribution is 7.89. The second kappa shape index (κ2) is 12.9. The van der Waals surface area contributed by atoms with Crippen LogP contribution in [0.5, 0.6) is 17.2 Å². The molecule has 1 heterocycles. The Morgan fingerprint density at radius 2 is 1.51 bits per heavy atom. The minimum Gasteiger partial charge on any atom is -0.495 e. The van der Waals surface area contributed by atoms with Crippen LogP contribution in [-0.2, 0) is 16.4 Å². The largest absolute Gasteiger partial charge is 0.495 e. The number of sulfonamides is 1. The minimum absolute atomic E-state index is 0.103. The molecule has 0 radical (unpaired) electrons. The van der Waals surface area contributed by atoms with E-state index in [1.54, 1.807) is 81.8 Å². The molecule has 1 aliphatic rings. The van der Waals surface area contributed by atoms with Gasteiger partial charge in [-0.15, -0.1) is 0 Å². The molecule has 0 atom stereocenters. The van der Waals surface area contributed by atoms with Crippen molar-refractivity contribution in [1.82, 2.24) is 9.21 Å². The SMILES string of the molecule is COc1ccc(CCN(C)S(=O)(=O)c2ccc(OC)c(N3CCN(C(=O)c4ccc(C#N)cc4)CC3)c2)cc1OC. The lowest BCUT2D eigenvalue weighted by atomic mass is 10.1. The zero-order valence-corrected chi connectivity index (χ0v) is 24.5. The van der Waals surface area contributed by atoms with E-state index in [1.807, 2.05) is 17.0 Å². The number of nitrogens with zero attached hydrogens (tertiary/aromatic N) is 4. The fourth-order valence-electron chi connectivity index (χ4n) is 4.72. The number of nitriles is 1. The standard InChI is InChI=1S/C30H34N4O6S/c1-32(14-13-22-7-11-28(39-3)29(19-22)40-4)41(36,37)25-10-12-27(38-2)26(20-25)33-15-17-34(18-16-33)30(35)24-8-5-23(21-31)6-9-24/h5-12,19-20H,13-18H2,1-4H3. The monoisotopic (exact) mass is 578 g/mol. The van der Waals surface area contributed by atoms with Crippen molar-refractivity contribution in [2.24, 2.45) is 0 Å². The predicted molar refractivity (Wildman–Crippen MR) is 155 cm³/mol. The van der Waals surface area contributed by atoms with E-state index in [0.29, 0.717) is 66.7 Å². The van der Waals surface area contributed by atoms with Gasteiger partial charge in [-0.25, -0.2) is 12.7 Å². The van der Waals surface area contributed by atoms with Gasteiger partial charge >= 0.3 is 0 Å². The van der Waals surface area contributed by atoms with E-state index >= 15 is 0 Å². The maximum absolute atomic E-state index is 13.5. The number of likely N-dealkylation sites (N-methyl/N-ethyl adjacent to an activating group) is 1. The van der Waals surface area contributed by atoms with Crippen molar-refractivity contribution in [2.75, 3.05) is 66.0 Å². The molecule has 1 fully saturated rings. The van der Waals surface area contributed by atoms with Gasteiger partial charge in [0, 0.05) is 45.3 Å². The maximum atomic E-state index is 13.5. The molecule has 0 bridgehead atoms. The van der Waals surface area contributed by atoms with E-state index in [1.165, 1.54) is 4.31 Å². The first-order valence-corrected chi connectivity index (χ1v) is 14.6. The van der Waals surface area contributed by atoms with E-state index in [0.717, 1.165) is 5.56 Å². The molecule has 11 heteroatoms. The molecule has 0 spiro atoms. The molecule has 0 saturated carbocycles. The number of benzene rings is 3. The third-order valence-electron chi connectivity index (χ3n) is 7.19. The summed E-state index contributed by atoms with van der Waals surface area (Å²) in [5.41, 5.74) is 2.61. The van der Waals surface area contributed by atoms with Crippen molar-refractivity contribution in [2.45, 2.75) is 11.3 Å². The summed E-state index contributed by atoms with van der Waals surface area (Å²) in [6.07, 6.45) is 0.494. The van der Waals surface area contributed by atoms with Crippen LogP contribution in [0.15, 0.2) is 65.6 Å². The lowest BCUT2D eigenvalue weighted by Crippen LogP contribution is -2.49. The van der Waals surface area contributed by atoms with Crippen molar-refractivity contribution < 1.29 is 27.4 Å². The summed E-state index contributed by atoms with van der Waals surface area (Å²) in [5.74, 6) is 1.66. The second-order valence-corrected chi connectivity index (χ2v) is 11.6. The van der Waals surface area contributed by atoms with Crippen molar-refractivity contribution in [3.05, 3.63) is 77.4 Å². The maximum Gasteiger partial charge on any atom is 0.253 e. The molecule has 10 nitrogen and oxygen atoms in total. The quantitative estimate of drug-likeness (QED) is 0.360. The Hall–Kier alpha value is -4.27. The average molecular weight is 579 g/mol. The number of carbonyl (C=O) groups excluding carboxylic acids is 1. The molecule has 1 amide bonds. The Labute approximate surface area is 241 Å². The molecule has 1 aliphatic heterocycles. The Kier molecular flexibility index (Phi) is 9.37. The molecule has 41 heavy (non-hydrogen) atoms. The predicted octanol–water partition coefficient (Wildman–Crippen LogP) is 3.41. The fourth-order valence-corrected chi connectivity index (χ4v) is 5.91. The molecule has 0 aliphatic carbocycles. The highest BCUT2D eigenvalue weighted by Gasteiger charge is 2.27. The summed E-state index contributed by atoms with van der Waals surface area (Å²) in [6, 6.07) is 19.0. The van der Waals surface area contributed by atoms with E-state index in [4.69, 9.17) is 19.5 Å². The van der Waals surface area contributed by atoms with Crippen molar-refractivity contribution in [3.8, 4) is 23.3 Å². The number of amides is 1. The van der Waals surface area contributed by atoms with E-state index < -0.39 is 10.0 Å². The van der Waals surface area contributed by atoms with Gasteiger partial charge in [0.25, 0.3) is 5.91 Å². The molecule has 4 rings (SSSR count). The van der Waals surface area contributed by atoms with Crippen LogP contribution in [0.3, 0.4) is 0 Å². The van der Waals surface area contributed by atoms with Gasteiger partial charge in [-0.1, -0.05) is 6.07 Å². The second-order valence-electron chi connectivity index (χ2n) is 9.57. The lowest BCUT2D eigenvalue weighted by molar-refractivity contribution is 0.0746. The normalized spacial score (nSPS) is 13.6. The van der Waals surface area contributed by atoms with Crippen molar-refractivity contribution in [3.63, 3.8) is 0 Å². The first-order valence-electron chi connectivity index (χ1n) is 13.1. The Morgan fingerprint density at radius 3 is 2.12 bits per heavy atom. The third-order valence-corrected chi connectivity index (χ3v) is 9.04. The van der Waals surface area contributed by atoms with Crippen molar-refractivity contribution >= 4 is 21.6 Å². The first-order chi connectivity index (χ1) is 19.7. The molecule has 1 saturated heterocycles. The number of piperazine rings is 1. The van der Waals surface area contributed by atoms with E-state index in [9.17, 15) is 13.2 Å². The van der Waals surface area contributed by atoms with Crippen LogP contribution < -0.4 is 19.1 Å². The number of hydrogen-bond donors (Lipinski definition) is 0. The average Bonchev–Trinajstić information content (AvgIpc) is 3.02. The molecule has 0 unspecified atom stereocenters. The molecule has 0 N–H and O–H groups in total.